The normalized spacial score (nSPS) is 11.8. The molecule has 0 unspecified atom stereocenters. The van der Waals surface area contributed by atoms with Gasteiger partial charge in [0.1, 0.15) is 10.7 Å². The van der Waals surface area contributed by atoms with Gasteiger partial charge in [-0.3, -0.25) is 4.79 Å². The highest BCUT2D eigenvalue weighted by Crippen LogP contribution is 2.23. The van der Waals surface area contributed by atoms with Gasteiger partial charge in [0.25, 0.3) is 5.91 Å². The Balaban J connectivity index is 1.98. The maximum Gasteiger partial charge on any atom is 0.349 e. The van der Waals surface area contributed by atoms with Crippen molar-refractivity contribution < 1.29 is 18.7 Å². The van der Waals surface area contributed by atoms with Crippen molar-refractivity contribution in [2.75, 3.05) is 5.32 Å². The van der Waals surface area contributed by atoms with E-state index in [9.17, 15) is 14.0 Å². The molecule has 0 spiro atoms. The highest BCUT2D eigenvalue weighted by atomic mass is 35.5. The number of nitrogens with one attached hydrogen (secondary N) is 1. The van der Waals surface area contributed by atoms with Gasteiger partial charge in [-0.25, -0.2) is 9.18 Å². The van der Waals surface area contributed by atoms with E-state index >= 15 is 0 Å². The first-order chi connectivity index (χ1) is 10.4. The number of hydrogen-bond acceptors (Lipinski definition) is 4. The number of carbonyl (C=O) groups is 2. The summed E-state index contributed by atoms with van der Waals surface area (Å²) in [7, 11) is 0. The molecule has 0 fully saturated rings. The van der Waals surface area contributed by atoms with Gasteiger partial charge >= 0.3 is 5.97 Å². The third-order valence-corrected chi connectivity index (χ3v) is 4.08. The Morgan fingerprint density at radius 2 is 2.05 bits per heavy atom. The Hall–Kier alpha value is -1.92. The molecule has 1 aromatic carbocycles. The number of anilines is 1. The van der Waals surface area contributed by atoms with Crippen molar-refractivity contribution in [3.8, 4) is 0 Å². The number of thiophene rings is 1. The lowest BCUT2D eigenvalue weighted by Gasteiger charge is -2.13. The molecule has 1 N–H and O–H groups in total. The van der Waals surface area contributed by atoms with Crippen molar-refractivity contribution in [2.45, 2.75) is 20.0 Å². The fourth-order valence-corrected chi connectivity index (χ4v) is 2.61. The molecule has 4 nitrogen and oxygen atoms in total. The molecular weight excluding hydrogens is 329 g/mol. The number of carbonyl (C=O) groups excluding carboxylic acids is 2. The van der Waals surface area contributed by atoms with Gasteiger partial charge in [-0.2, -0.15) is 0 Å². The number of ether oxygens (including phenoxy) is 1. The van der Waals surface area contributed by atoms with Gasteiger partial charge in [0.15, 0.2) is 6.10 Å². The molecule has 0 saturated heterocycles. The fourth-order valence-electron chi connectivity index (χ4n) is 1.64. The second-order valence-electron chi connectivity index (χ2n) is 4.57. The van der Waals surface area contributed by atoms with Crippen LogP contribution in [0.1, 0.15) is 21.5 Å². The van der Waals surface area contributed by atoms with Crippen LogP contribution in [0.15, 0.2) is 30.3 Å². The van der Waals surface area contributed by atoms with Gasteiger partial charge in [-0.05, 0) is 44.2 Å². The van der Waals surface area contributed by atoms with Gasteiger partial charge in [0, 0.05) is 4.88 Å². The average Bonchev–Trinajstić information content (AvgIpc) is 2.88. The predicted octanol–water partition coefficient (Wildman–Crippen LogP) is 4.03. The van der Waals surface area contributed by atoms with Crippen LogP contribution in [0.3, 0.4) is 0 Å². The van der Waals surface area contributed by atoms with Crippen LogP contribution in [0.5, 0.6) is 0 Å². The number of rotatable bonds is 4. The number of hydrogen-bond donors (Lipinski definition) is 1. The molecule has 0 aliphatic rings. The van der Waals surface area contributed by atoms with Crippen molar-refractivity contribution in [1.29, 1.82) is 0 Å². The second kappa shape index (κ2) is 6.89. The van der Waals surface area contributed by atoms with E-state index in [0.29, 0.717) is 4.88 Å². The van der Waals surface area contributed by atoms with E-state index < -0.39 is 23.8 Å². The molecule has 1 aromatic heterocycles. The van der Waals surface area contributed by atoms with Crippen molar-refractivity contribution >= 4 is 40.5 Å². The van der Waals surface area contributed by atoms with Crippen molar-refractivity contribution in [3.05, 3.63) is 50.9 Å². The third-order valence-electron chi connectivity index (χ3n) is 2.78. The molecule has 1 amide bonds. The molecule has 22 heavy (non-hydrogen) atoms. The highest BCUT2D eigenvalue weighted by Gasteiger charge is 2.20. The van der Waals surface area contributed by atoms with E-state index in [1.54, 1.807) is 12.1 Å². The van der Waals surface area contributed by atoms with E-state index in [1.165, 1.54) is 30.4 Å². The number of benzene rings is 1. The molecule has 0 aliphatic heterocycles. The van der Waals surface area contributed by atoms with Crippen molar-refractivity contribution in [2.24, 2.45) is 0 Å². The SMILES string of the molecule is Cc1ccc(C(=O)O[C@H](C)C(=O)Nc2ccc(F)cc2Cl)s1. The van der Waals surface area contributed by atoms with Crippen LogP contribution in [0.4, 0.5) is 10.1 Å². The Morgan fingerprint density at radius 1 is 1.32 bits per heavy atom. The van der Waals surface area contributed by atoms with E-state index in [-0.39, 0.29) is 10.7 Å². The van der Waals surface area contributed by atoms with Crippen LogP contribution < -0.4 is 5.32 Å². The summed E-state index contributed by atoms with van der Waals surface area (Å²) in [6, 6.07) is 7.04. The monoisotopic (exact) mass is 341 g/mol. The second-order valence-corrected chi connectivity index (χ2v) is 6.27. The van der Waals surface area contributed by atoms with Gasteiger partial charge in [0.05, 0.1) is 10.7 Å². The lowest BCUT2D eigenvalue weighted by atomic mass is 10.3. The van der Waals surface area contributed by atoms with Crippen molar-refractivity contribution in [1.82, 2.24) is 0 Å². The topological polar surface area (TPSA) is 55.4 Å². The minimum absolute atomic E-state index is 0.0701. The first kappa shape index (κ1) is 16.5. The standard InChI is InChI=1S/C15H13ClFNO3S/c1-8-3-6-13(22-8)15(20)21-9(2)14(19)18-12-5-4-10(17)7-11(12)16/h3-7,9H,1-2H3,(H,18,19)/t9-/m1/s1. The number of aryl methyl sites for hydroxylation is 1. The van der Waals surface area contributed by atoms with Gasteiger partial charge in [-0.15, -0.1) is 11.3 Å². The smallest absolute Gasteiger partial charge is 0.349 e. The zero-order chi connectivity index (χ0) is 16.3. The Morgan fingerprint density at radius 3 is 2.64 bits per heavy atom. The van der Waals surface area contributed by atoms with Crippen LogP contribution >= 0.6 is 22.9 Å². The summed E-state index contributed by atoms with van der Waals surface area (Å²) in [5.74, 6) is -1.61. The minimum Gasteiger partial charge on any atom is -0.448 e. The van der Waals surface area contributed by atoms with Crippen LogP contribution in [-0.2, 0) is 9.53 Å². The van der Waals surface area contributed by atoms with Gasteiger partial charge in [0.2, 0.25) is 0 Å². The van der Waals surface area contributed by atoms with Crippen LogP contribution in [0.25, 0.3) is 0 Å². The molecule has 7 heteroatoms. The molecule has 116 valence electrons. The average molecular weight is 342 g/mol. The summed E-state index contributed by atoms with van der Waals surface area (Å²) < 4.78 is 18.0. The molecule has 1 atom stereocenters. The van der Waals surface area contributed by atoms with Crippen LogP contribution in [0.2, 0.25) is 5.02 Å². The summed E-state index contributed by atoms with van der Waals surface area (Å²) >= 11 is 7.11. The van der Waals surface area contributed by atoms with E-state index in [4.69, 9.17) is 16.3 Å². The molecular formula is C15H13ClFNO3S. The summed E-state index contributed by atoms with van der Waals surface area (Å²) in [6.07, 6.45) is -1.00. The summed E-state index contributed by atoms with van der Waals surface area (Å²) in [5, 5.41) is 2.56. The molecule has 0 aliphatic carbocycles. The van der Waals surface area contributed by atoms with E-state index in [2.05, 4.69) is 5.32 Å². The quantitative estimate of drug-likeness (QED) is 0.854. The molecule has 2 rings (SSSR count). The largest absolute Gasteiger partial charge is 0.448 e. The summed E-state index contributed by atoms with van der Waals surface area (Å²) in [6.45, 7) is 3.32. The van der Waals surface area contributed by atoms with Crippen LogP contribution in [-0.4, -0.2) is 18.0 Å². The molecule has 1 heterocycles. The molecule has 0 radical (unpaired) electrons. The fraction of sp³-hybridized carbons (Fsp3) is 0.200. The lowest BCUT2D eigenvalue weighted by molar-refractivity contribution is -0.123. The Kier molecular flexibility index (Phi) is 5.15. The zero-order valence-electron chi connectivity index (χ0n) is 11.9. The van der Waals surface area contributed by atoms with Crippen LogP contribution in [0, 0.1) is 12.7 Å². The molecule has 0 saturated carbocycles. The maximum atomic E-state index is 12.9. The highest BCUT2D eigenvalue weighted by molar-refractivity contribution is 7.13. The number of amides is 1. The van der Waals surface area contributed by atoms with Gasteiger partial charge in [-0.1, -0.05) is 11.6 Å². The zero-order valence-corrected chi connectivity index (χ0v) is 13.4. The first-order valence-electron chi connectivity index (χ1n) is 6.40. The Labute approximate surface area is 135 Å². The van der Waals surface area contributed by atoms with Crippen molar-refractivity contribution in [3.63, 3.8) is 0 Å². The number of esters is 1. The number of halogens is 2. The van der Waals surface area contributed by atoms with Gasteiger partial charge < -0.3 is 10.1 Å². The van der Waals surface area contributed by atoms with E-state index in [0.717, 1.165) is 10.9 Å². The van der Waals surface area contributed by atoms with E-state index in [1.807, 2.05) is 6.92 Å². The molecule has 2 aromatic rings. The predicted molar refractivity (Wildman–Crippen MR) is 84.0 cm³/mol. The maximum absolute atomic E-state index is 12.9. The molecule has 0 bridgehead atoms. The minimum atomic E-state index is -1.00. The Bertz CT molecular complexity index is 717. The third kappa shape index (κ3) is 4.05. The first-order valence-corrected chi connectivity index (χ1v) is 7.59. The summed E-state index contributed by atoms with van der Waals surface area (Å²) in [5.41, 5.74) is 0.253. The summed E-state index contributed by atoms with van der Waals surface area (Å²) in [4.78, 5) is 25.3. The lowest BCUT2D eigenvalue weighted by Crippen LogP contribution is -2.29.